The Kier molecular flexibility index (Phi) is 5.03. The molecule has 2 aromatic rings. The molecule has 0 fully saturated rings. The van der Waals surface area contributed by atoms with E-state index >= 15 is 0 Å². The Hall–Kier alpha value is -1.09. The minimum absolute atomic E-state index is 0.183. The van der Waals surface area contributed by atoms with E-state index in [4.69, 9.17) is 0 Å². The van der Waals surface area contributed by atoms with Gasteiger partial charge in [-0.1, -0.05) is 0 Å². The summed E-state index contributed by atoms with van der Waals surface area (Å²) in [5.41, 5.74) is 3.37. The second-order valence-corrected chi connectivity index (χ2v) is 6.07. The number of urea groups is 1. The molecule has 7 heteroatoms. The van der Waals surface area contributed by atoms with Crippen molar-refractivity contribution in [2.24, 2.45) is 0 Å². The van der Waals surface area contributed by atoms with Crippen molar-refractivity contribution < 1.29 is 9.90 Å². The molecule has 0 spiro atoms. The van der Waals surface area contributed by atoms with Gasteiger partial charge in [-0.05, 0) is 37.1 Å². The fourth-order valence-corrected chi connectivity index (χ4v) is 4.20. The Morgan fingerprint density at radius 1 is 1.50 bits per heavy atom. The van der Waals surface area contributed by atoms with E-state index in [0.717, 1.165) is 28.6 Å². The molecule has 1 heterocycles. The molecule has 0 aliphatic carbocycles. The van der Waals surface area contributed by atoms with Gasteiger partial charge < -0.3 is 15.7 Å². The van der Waals surface area contributed by atoms with Gasteiger partial charge in [0.1, 0.15) is 5.75 Å². The normalized spacial score (nSPS) is 10.8. The van der Waals surface area contributed by atoms with Crippen LogP contribution in [-0.2, 0) is 6.42 Å². The molecule has 20 heavy (non-hydrogen) atoms. The van der Waals surface area contributed by atoms with Crippen LogP contribution in [0.15, 0.2) is 18.2 Å². The molecule has 3 N–H and O–H groups in total. The van der Waals surface area contributed by atoms with Crippen LogP contribution >= 0.6 is 30.3 Å². The molecule has 0 bridgehead atoms. The van der Waals surface area contributed by atoms with Crippen LogP contribution in [0.4, 0.5) is 4.79 Å². The summed E-state index contributed by atoms with van der Waals surface area (Å²) in [4.78, 5) is 11.2. The van der Waals surface area contributed by atoms with Crippen molar-refractivity contribution in [1.29, 1.82) is 0 Å². The van der Waals surface area contributed by atoms with Crippen LogP contribution < -0.4 is 10.6 Å². The first kappa shape index (κ1) is 15.3. The molecule has 2 rings (SSSR count). The number of aromatic hydroxyl groups is 1. The van der Waals surface area contributed by atoms with Crippen LogP contribution in [0.2, 0.25) is 0 Å². The summed E-state index contributed by atoms with van der Waals surface area (Å²) in [6.07, 6.45) is 0.726. The minimum atomic E-state index is -0.183. The first-order chi connectivity index (χ1) is 9.58. The quantitative estimate of drug-likeness (QED) is 0.686. The van der Waals surface area contributed by atoms with Crippen molar-refractivity contribution >= 4 is 47.3 Å². The van der Waals surface area contributed by atoms with E-state index in [-0.39, 0.29) is 11.8 Å². The van der Waals surface area contributed by atoms with Crippen LogP contribution in [0.3, 0.4) is 0 Å². The molecule has 0 atom stereocenters. The zero-order valence-corrected chi connectivity index (χ0v) is 14.2. The Morgan fingerprint density at radius 2 is 2.25 bits per heavy atom. The van der Waals surface area contributed by atoms with Gasteiger partial charge in [-0.2, -0.15) is 0 Å². The van der Waals surface area contributed by atoms with Crippen molar-refractivity contribution in [2.45, 2.75) is 13.3 Å². The molecular weight excluding hydrogens is 389 g/mol. The second kappa shape index (κ2) is 6.57. The summed E-state index contributed by atoms with van der Waals surface area (Å²) in [5.74, 6) is 0.258. The van der Waals surface area contributed by atoms with Gasteiger partial charge in [0.25, 0.3) is 0 Å². The van der Waals surface area contributed by atoms with Gasteiger partial charge in [0, 0.05) is 55.0 Å². The number of phenolic OH excluding ortho intramolecular Hbond substituents is 1. The zero-order valence-electron chi connectivity index (χ0n) is 11.2. The summed E-state index contributed by atoms with van der Waals surface area (Å²) in [6, 6.07) is 5.20. The lowest BCUT2D eigenvalue weighted by Crippen LogP contribution is -2.34. The van der Waals surface area contributed by atoms with Crippen molar-refractivity contribution in [3.05, 3.63) is 29.5 Å². The number of hydrogen-bond donors (Lipinski definition) is 3. The van der Waals surface area contributed by atoms with Gasteiger partial charge in [0.2, 0.25) is 0 Å². The van der Waals surface area contributed by atoms with E-state index in [0.29, 0.717) is 6.54 Å². The first-order valence-corrected chi connectivity index (χ1v) is 9.47. The number of rotatable bonds is 4. The van der Waals surface area contributed by atoms with E-state index in [1.165, 1.54) is 0 Å². The smallest absolute Gasteiger partial charge is 0.314 e. The van der Waals surface area contributed by atoms with Gasteiger partial charge in [-0.3, -0.25) is 3.97 Å². The summed E-state index contributed by atoms with van der Waals surface area (Å²) in [6.45, 7) is 2.61. The van der Waals surface area contributed by atoms with Gasteiger partial charge in [0.15, 0.2) is 0 Å². The summed E-state index contributed by atoms with van der Waals surface area (Å²) in [5, 5.41) is 16.0. The monoisotopic (exact) mass is 405 g/mol. The van der Waals surface area contributed by atoms with E-state index in [2.05, 4.69) is 42.7 Å². The van der Waals surface area contributed by atoms with E-state index in [1.54, 1.807) is 28.3 Å². The molecule has 0 aliphatic heterocycles. The number of nitrogens with one attached hydrogen (secondary N) is 2. The number of carbonyl (C=O) groups excluding carboxylic acids is 1. The molecule has 1 aromatic carbocycles. The van der Waals surface area contributed by atoms with Crippen LogP contribution in [0, 0.1) is 6.92 Å². The Bertz CT molecular complexity index is 642. The average Bonchev–Trinajstić information content (AvgIpc) is 2.70. The number of aromatic nitrogens is 1. The minimum Gasteiger partial charge on any atom is -0.508 e. The molecule has 0 radical (unpaired) electrons. The highest BCUT2D eigenvalue weighted by Crippen LogP contribution is 2.34. The Balaban J connectivity index is 2.34. The maximum Gasteiger partial charge on any atom is 0.314 e. The standard InChI is InChI=1S/C13H16IN3O2S/c1-8-10(5-6-16-13(19)15-2)11-7-9(18)3-4-12(11)17(8)20-14/h3-4,7,18H,5-6H2,1-2H3,(H2,15,16,19). The van der Waals surface area contributed by atoms with Gasteiger partial charge in [0.05, 0.1) is 5.52 Å². The topological polar surface area (TPSA) is 66.3 Å². The van der Waals surface area contributed by atoms with E-state index in [1.807, 2.05) is 6.07 Å². The van der Waals surface area contributed by atoms with Crippen molar-refractivity contribution in [1.82, 2.24) is 14.6 Å². The van der Waals surface area contributed by atoms with Gasteiger partial charge in [-0.15, -0.1) is 0 Å². The third-order valence-electron chi connectivity index (χ3n) is 3.22. The second-order valence-electron chi connectivity index (χ2n) is 4.38. The lowest BCUT2D eigenvalue weighted by molar-refractivity contribution is 0.243. The molecule has 2 amide bonds. The average molecular weight is 405 g/mol. The summed E-state index contributed by atoms with van der Waals surface area (Å²) in [7, 11) is 3.20. The fourth-order valence-electron chi connectivity index (χ4n) is 2.23. The Morgan fingerprint density at radius 3 is 2.90 bits per heavy atom. The molecule has 1 aromatic heterocycles. The number of amides is 2. The third kappa shape index (κ3) is 2.98. The van der Waals surface area contributed by atoms with Crippen LogP contribution in [-0.4, -0.2) is 28.7 Å². The zero-order chi connectivity index (χ0) is 14.7. The number of fused-ring (bicyclic) bond motifs is 1. The molecular formula is C13H16IN3O2S. The predicted octanol–water partition coefficient (Wildman–Crippen LogP) is 2.97. The van der Waals surface area contributed by atoms with E-state index < -0.39 is 0 Å². The molecule has 0 aliphatic rings. The lowest BCUT2D eigenvalue weighted by Gasteiger charge is -2.05. The number of carbonyl (C=O) groups is 1. The molecule has 5 nitrogen and oxygen atoms in total. The fraction of sp³-hybridized carbons (Fsp3) is 0.308. The predicted molar refractivity (Wildman–Crippen MR) is 91.5 cm³/mol. The number of nitrogens with zero attached hydrogens (tertiary/aromatic N) is 1. The van der Waals surface area contributed by atoms with Crippen molar-refractivity contribution in [2.75, 3.05) is 13.6 Å². The molecule has 0 unspecified atom stereocenters. The highest BCUT2D eigenvalue weighted by Gasteiger charge is 2.14. The number of phenols is 1. The molecule has 0 saturated heterocycles. The van der Waals surface area contributed by atoms with Gasteiger partial charge >= 0.3 is 6.03 Å². The third-order valence-corrected chi connectivity index (χ3v) is 5.01. The number of hydrogen-bond acceptors (Lipinski definition) is 3. The van der Waals surface area contributed by atoms with Crippen molar-refractivity contribution in [3.63, 3.8) is 0 Å². The molecule has 0 saturated carbocycles. The van der Waals surface area contributed by atoms with Crippen LogP contribution in [0.25, 0.3) is 10.9 Å². The van der Waals surface area contributed by atoms with E-state index in [9.17, 15) is 9.90 Å². The Labute approximate surface area is 133 Å². The van der Waals surface area contributed by atoms with Crippen molar-refractivity contribution in [3.8, 4) is 5.75 Å². The summed E-state index contributed by atoms with van der Waals surface area (Å²) < 4.78 is 2.13. The molecule has 108 valence electrons. The maximum atomic E-state index is 11.2. The summed E-state index contributed by atoms with van der Waals surface area (Å²) >= 11 is 2.24. The maximum absolute atomic E-state index is 11.2. The highest BCUT2D eigenvalue weighted by molar-refractivity contribution is 14.2. The van der Waals surface area contributed by atoms with Crippen LogP contribution in [0.5, 0.6) is 5.75 Å². The highest BCUT2D eigenvalue weighted by atomic mass is 127. The largest absolute Gasteiger partial charge is 0.508 e. The first-order valence-electron chi connectivity index (χ1n) is 6.16. The number of halogens is 1. The van der Waals surface area contributed by atoms with Gasteiger partial charge in [-0.25, -0.2) is 4.79 Å². The van der Waals surface area contributed by atoms with Crippen LogP contribution in [0.1, 0.15) is 11.3 Å². The lowest BCUT2D eigenvalue weighted by atomic mass is 10.1. The SMILES string of the molecule is CNC(=O)NCCc1c(C)n(SI)c2ccc(O)cc12. The number of benzene rings is 1.